The number of hydrogen-bond donors (Lipinski definition) is 2. The van der Waals surface area contributed by atoms with Crippen LogP contribution in [0.25, 0.3) is 12.2 Å². The Morgan fingerprint density at radius 3 is 1.40 bits per heavy atom. The quantitative estimate of drug-likeness (QED) is 0.429. The number of hydrogen-bond acceptors (Lipinski definition) is 3. The van der Waals surface area contributed by atoms with Gasteiger partial charge in [0.15, 0.2) is 0 Å². The first-order valence-electron chi connectivity index (χ1n) is 10.1. The van der Waals surface area contributed by atoms with Gasteiger partial charge < -0.3 is 0 Å². The molecule has 2 N–H and O–H groups in total. The maximum atomic E-state index is 12.2. The zero-order valence-corrected chi connectivity index (χ0v) is 18.0. The summed E-state index contributed by atoms with van der Waals surface area (Å²) in [6.07, 6.45) is 7.76. The van der Waals surface area contributed by atoms with Gasteiger partial charge >= 0.3 is 6.03 Å². The molecule has 0 spiro atoms. The Balaban J connectivity index is 2.00. The molecule has 2 amide bonds. The van der Waals surface area contributed by atoms with Crippen molar-refractivity contribution in [3.05, 3.63) is 83.9 Å². The lowest BCUT2D eigenvalue weighted by atomic mass is 10.1. The fraction of sp³-hybridized carbons (Fsp3) is 0.240. The predicted molar refractivity (Wildman–Crippen MR) is 127 cm³/mol. The lowest BCUT2D eigenvalue weighted by molar-refractivity contribution is 0.241. The first-order valence-corrected chi connectivity index (χ1v) is 10.1. The lowest BCUT2D eigenvalue weighted by Crippen LogP contribution is -2.31. The highest BCUT2D eigenvalue weighted by Crippen LogP contribution is 2.06. The minimum Gasteiger partial charge on any atom is -0.245 e. The van der Waals surface area contributed by atoms with Gasteiger partial charge in [0.25, 0.3) is 0 Å². The van der Waals surface area contributed by atoms with Crippen LogP contribution in [-0.2, 0) is 0 Å². The molecule has 0 heterocycles. The summed E-state index contributed by atoms with van der Waals surface area (Å²) in [5.74, 6) is 0.322. The highest BCUT2D eigenvalue weighted by Gasteiger charge is 2.05. The van der Waals surface area contributed by atoms with Gasteiger partial charge in [0.05, 0.1) is 11.4 Å². The molecule has 156 valence electrons. The van der Waals surface area contributed by atoms with E-state index in [2.05, 4.69) is 21.1 Å². The Hall–Kier alpha value is -3.47. The number of nitrogens with one attached hydrogen (secondary N) is 2. The first-order chi connectivity index (χ1) is 14.5. The molecule has 2 aromatic rings. The number of amides is 2. The standard InChI is InChI=1S/C25H30N4O/c1-19(2)23(17-15-21-11-7-5-8-12-21)26-28-25(30)29-27-24(20(3)4)18-16-22-13-9-6-10-14-22/h5-20H,1-4H3,(H2,28,29,30)/b17-15+,18-16+,26-23-,27-24-. The molecule has 5 heteroatoms. The molecule has 30 heavy (non-hydrogen) atoms. The highest BCUT2D eigenvalue weighted by atomic mass is 16.2. The van der Waals surface area contributed by atoms with Crippen molar-refractivity contribution in [2.45, 2.75) is 27.7 Å². The second kappa shape index (κ2) is 12.2. The van der Waals surface area contributed by atoms with Gasteiger partial charge in [-0.3, -0.25) is 0 Å². The largest absolute Gasteiger partial charge is 0.355 e. The minimum atomic E-state index is -0.479. The number of carbonyl (C=O) groups is 1. The van der Waals surface area contributed by atoms with Crippen molar-refractivity contribution in [2.75, 3.05) is 0 Å². The Morgan fingerprint density at radius 1 is 0.700 bits per heavy atom. The first kappa shape index (κ1) is 22.8. The summed E-state index contributed by atoms with van der Waals surface area (Å²) in [5, 5.41) is 8.47. The van der Waals surface area contributed by atoms with Crippen molar-refractivity contribution in [3.8, 4) is 0 Å². The molecule has 0 aliphatic heterocycles. The van der Waals surface area contributed by atoms with E-state index in [0.29, 0.717) is 0 Å². The third kappa shape index (κ3) is 8.27. The maximum absolute atomic E-state index is 12.2. The summed E-state index contributed by atoms with van der Waals surface area (Å²) in [4.78, 5) is 12.2. The number of urea groups is 1. The normalized spacial score (nSPS) is 12.9. The second-order valence-electron chi connectivity index (χ2n) is 7.42. The van der Waals surface area contributed by atoms with Crippen molar-refractivity contribution in [1.82, 2.24) is 10.9 Å². The molecule has 0 radical (unpaired) electrons. The van der Waals surface area contributed by atoms with Crippen molar-refractivity contribution in [1.29, 1.82) is 0 Å². The molecule has 0 bridgehead atoms. The van der Waals surface area contributed by atoms with Gasteiger partial charge in [-0.05, 0) is 35.1 Å². The monoisotopic (exact) mass is 402 g/mol. The predicted octanol–water partition coefficient (Wildman–Crippen LogP) is 5.74. The number of allylic oxidation sites excluding steroid dienone is 2. The molecule has 0 atom stereocenters. The summed E-state index contributed by atoms with van der Waals surface area (Å²) in [5.41, 5.74) is 8.74. The molecule has 0 fully saturated rings. The van der Waals surface area contributed by atoms with Gasteiger partial charge in [-0.1, -0.05) is 101 Å². The van der Waals surface area contributed by atoms with Gasteiger partial charge in [-0.2, -0.15) is 10.2 Å². The molecule has 0 saturated carbocycles. The van der Waals surface area contributed by atoms with E-state index >= 15 is 0 Å². The Labute approximate surface area is 179 Å². The topological polar surface area (TPSA) is 65.8 Å². The van der Waals surface area contributed by atoms with Gasteiger partial charge in [0.2, 0.25) is 0 Å². The third-order valence-corrected chi connectivity index (χ3v) is 4.25. The van der Waals surface area contributed by atoms with Crippen molar-refractivity contribution >= 4 is 29.6 Å². The molecule has 5 nitrogen and oxygen atoms in total. The number of hydrazone groups is 2. The van der Waals surface area contributed by atoms with E-state index in [1.807, 2.05) is 113 Å². The Kier molecular flexibility index (Phi) is 9.25. The summed E-state index contributed by atoms with van der Waals surface area (Å²) in [6.45, 7) is 8.10. The average Bonchev–Trinajstić information content (AvgIpc) is 2.74. The Bertz CT molecular complexity index is 835. The third-order valence-electron chi connectivity index (χ3n) is 4.25. The number of carbonyl (C=O) groups excluding carboxylic acids is 1. The van der Waals surface area contributed by atoms with Crippen molar-refractivity contribution in [3.63, 3.8) is 0 Å². The summed E-state index contributed by atoms with van der Waals surface area (Å²) in [6, 6.07) is 19.4. The molecule has 2 rings (SSSR count). The zero-order chi connectivity index (χ0) is 21.8. The fourth-order valence-electron chi connectivity index (χ4n) is 2.46. The SMILES string of the molecule is CC(C)C(/C=C/c1ccccc1)=N\NC(=O)N/N=C(/C=C/c1ccccc1)C(C)C. The number of nitrogens with zero attached hydrogens (tertiary/aromatic N) is 2. The summed E-state index contributed by atoms with van der Waals surface area (Å²) in [7, 11) is 0. The summed E-state index contributed by atoms with van der Waals surface area (Å²) >= 11 is 0. The number of benzene rings is 2. The molecule has 0 aliphatic rings. The van der Waals surface area contributed by atoms with Crippen molar-refractivity contribution in [2.24, 2.45) is 22.0 Å². The smallest absolute Gasteiger partial charge is 0.245 e. The van der Waals surface area contributed by atoms with Crippen LogP contribution >= 0.6 is 0 Å². The van der Waals surface area contributed by atoms with Crippen LogP contribution in [0.5, 0.6) is 0 Å². The van der Waals surface area contributed by atoms with E-state index in [-0.39, 0.29) is 11.8 Å². The van der Waals surface area contributed by atoms with Crippen LogP contribution in [0, 0.1) is 11.8 Å². The molecular formula is C25H30N4O. The van der Waals surface area contributed by atoms with E-state index in [9.17, 15) is 4.79 Å². The molecule has 0 aromatic heterocycles. The van der Waals surface area contributed by atoms with Crippen molar-refractivity contribution < 1.29 is 4.79 Å². The second-order valence-corrected chi connectivity index (χ2v) is 7.42. The molecule has 2 aromatic carbocycles. The summed E-state index contributed by atoms with van der Waals surface area (Å²) < 4.78 is 0. The van der Waals surface area contributed by atoms with Gasteiger partial charge in [-0.15, -0.1) is 0 Å². The van der Waals surface area contributed by atoms with E-state index in [1.54, 1.807) is 0 Å². The van der Waals surface area contributed by atoms with E-state index < -0.39 is 6.03 Å². The molecule has 0 saturated heterocycles. The van der Waals surface area contributed by atoms with Crippen LogP contribution in [-0.4, -0.2) is 17.5 Å². The van der Waals surface area contributed by atoms with Gasteiger partial charge in [0.1, 0.15) is 0 Å². The van der Waals surface area contributed by atoms with Crippen LogP contribution in [0.1, 0.15) is 38.8 Å². The zero-order valence-electron chi connectivity index (χ0n) is 18.0. The van der Waals surface area contributed by atoms with Crippen LogP contribution in [0.4, 0.5) is 4.79 Å². The lowest BCUT2D eigenvalue weighted by Gasteiger charge is -2.08. The average molecular weight is 403 g/mol. The number of rotatable bonds is 8. The van der Waals surface area contributed by atoms with Gasteiger partial charge in [0, 0.05) is 0 Å². The maximum Gasteiger partial charge on any atom is 0.355 e. The fourth-order valence-corrected chi connectivity index (χ4v) is 2.46. The van der Waals surface area contributed by atoms with Gasteiger partial charge in [-0.25, -0.2) is 15.6 Å². The molecule has 0 unspecified atom stereocenters. The minimum absolute atomic E-state index is 0.161. The Morgan fingerprint density at radius 2 is 1.07 bits per heavy atom. The van der Waals surface area contributed by atoms with E-state index in [4.69, 9.17) is 0 Å². The molecular weight excluding hydrogens is 372 g/mol. The van der Waals surface area contributed by atoms with Crippen LogP contribution in [0.3, 0.4) is 0 Å². The van der Waals surface area contributed by atoms with E-state index in [1.165, 1.54) is 0 Å². The molecule has 0 aliphatic carbocycles. The van der Waals surface area contributed by atoms with E-state index in [0.717, 1.165) is 22.6 Å². The van der Waals surface area contributed by atoms with Crippen LogP contribution in [0.2, 0.25) is 0 Å². The van der Waals surface area contributed by atoms with Crippen LogP contribution < -0.4 is 10.9 Å². The highest BCUT2D eigenvalue weighted by molar-refractivity contribution is 6.01. The van der Waals surface area contributed by atoms with Crippen LogP contribution in [0.15, 0.2) is 83.0 Å².